The highest BCUT2D eigenvalue weighted by Gasteiger charge is 2.44. The molecule has 0 amide bonds. The topological polar surface area (TPSA) is 3.24 Å². The van der Waals surface area contributed by atoms with Crippen LogP contribution in [0.3, 0.4) is 0 Å². The van der Waals surface area contributed by atoms with Gasteiger partial charge in [0.05, 0.1) is 0 Å². The highest BCUT2D eigenvalue weighted by atomic mass is 15.1. The number of rotatable bonds is 4. The molecule has 0 bridgehead atoms. The second-order valence-corrected chi connectivity index (χ2v) is 4.98. The third kappa shape index (κ3) is 2.23. The zero-order valence-corrected chi connectivity index (χ0v) is 10.1. The molecule has 0 saturated heterocycles. The summed E-state index contributed by atoms with van der Waals surface area (Å²) >= 11 is 0. The van der Waals surface area contributed by atoms with Gasteiger partial charge in [-0.05, 0) is 38.9 Å². The molecule has 1 aliphatic rings. The first kappa shape index (κ1) is 10.7. The molecule has 1 nitrogen and oxygen atoms in total. The molecule has 0 spiro atoms. The van der Waals surface area contributed by atoms with E-state index < -0.39 is 0 Å². The van der Waals surface area contributed by atoms with Crippen LogP contribution in [0.25, 0.3) is 0 Å². The Morgan fingerprint density at radius 2 is 1.80 bits per heavy atom. The Morgan fingerprint density at radius 1 is 1.20 bits per heavy atom. The third-order valence-electron chi connectivity index (χ3n) is 3.63. The number of hydrogen-bond acceptors (Lipinski definition) is 1. The van der Waals surface area contributed by atoms with E-state index in [1.54, 1.807) is 0 Å². The predicted molar refractivity (Wildman–Crippen MR) is 65.3 cm³/mol. The summed E-state index contributed by atoms with van der Waals surface area (Å²) < 4.78 is 0. The van der Waals surface area contributed by atoms with Crippen LogP contribution in [0.5, 0.6) is 0 Å². The molecular weight excluding hydrogens is 182 g/mol. The highest BCUT2D eigenvalue weighted by Crippen LogP contribution is 2.48. The molecule has 15 heavy (non-hydrogen) atoms. The molecule has 1 fully saturated rings. The molecule has 0 aliphatic heterocycles. The molecule has 0 unspecified atom stereocenters. The first-order valence-corrected chi connectivity index (χ1v) is 5.92. The monoisotopic (exact) mass is 203 g/mol. The molecule has 0 aromatic heterocycles. The molecule has 1 heteroatoms. The van der Waals surface area contributed by atoms with Crippen molar-refractivity contribution < 1.29 is 0 Å². The Kier molecular flexibility index (Phi) is 2.83. The van der Waals surface area contributed by atoms with E-state index in [4.69, 9.17) is 0 Å². The Bertz CT molecular complexity index is 322. The van der Waals surface area contributed by atoms with Crippen molar-refractivity contribution in [1.82, 2.24) is 4.90 Å². The lowest BCUT2D eigenvalue weighted by molar-refractivity contribution is 0.317. The maximum atomic E-state index is 2.42. The van der Waals surface area contributed by atoms with Crippen molar-refractivity contribution in [3.8, 4) is 0 Å². The normalized spacial score (nSPS) is 18.1. The summed E-state index contributed by atoms with van der Waals surface area (Å²) in [5.41, 5.74) is 3.38. The minimum atomic E-state index is 0.485. The largest absolute Gasteiger partial charge is 0.306 e. The first-order chi connectivity index (χ1) is 7.16. The Morgan fingerprint density at radius 3 is 2.27 bits per heavy atom. The summed E-state index contributed by atoms with van der Waals surface area (Å²) in [6.45, 7) is 6.74. The van der Waals surface area contributed by atoms with Gasteiger partial charge in [0.2, 0.25) is 0 Å². The van der Waals surface area contributed by atoms with Crippen molar-refractivity contribution in [2.75, 3.05) is 20.1 Å². The number of benzene rings is 1. The van der Waals surface area contributed by atoms with Crippen LogP contribution in [0, 0.1) is 6.92 Å². The van der Waals surface area contributed by atoms with Gasteiger partial charge in [-0.2, -0.15) is 0 Å². The van der Waals surface area contributed by atoms with E-state index >= 15 is 0 Å². The van der Waals surface area contributed by atoms with Gasteiger partial charge in [-0.1, -0.05) is 36.8 Å². The average Bonchev–Trinajstić information content (AvgIpc) is 3.00. The maximum Gasteiger partial charge on any atom is 0.00808 e. The van der Waals surface area contributed by atoms with Gasteiger partial charge in [0.15, 0.2) is 0 Å². The lowest BCUT2D eigenvalue weighted by Crippen LogP contribution is -2.28. The molecule has 1 aliphatic carbocycles. The molecule has 0 radical (unpaired) electrons. The zero-order chi connectivity index (χ0) is 10.9. The number of nitrogens with zero attached hydrogens (tertiary/aromatic N) is 1. The van der Waals surface area contributed by atoms with Crippen molar-refractivity contribution in [3.05, 3.63) is 35.4 Å². The van der Waals surface area contributed by atoms with E-state index in [2.05, 4.69) is 50.1 Å². The van der Waals surface area contributed by atoms with Gasteiger partial charge in [-0.25, -0.2) is 0 Å². The molecule has 2 rings (SSSR count). The zero-order valence-electron chi connectivity index (χ0n) is 10.1. The standard InChI is InChI=1S/C14H21N/c1-4-15(3)11-14(9-10-14)13-7-5-12(2)6-8-13/h5-8H,4,9-11H2,1-3H3. The lowest BCUT2D eigenvalue weighted by Gasteiger charge is -2.22. The van der Waals surface area contributed by atoms with Gasteiger partial charge >= 0.3 is 0 Å². The Balaban J connectivity index is 2.12. The second-order valence-electron chi connectivity index (χ2n) is 4.98. The number of hydrogen-bond donors (Lipinski definition) is 0. The summed E-state index contributed by atoms with van der Waals surface area (Å²) in [5.74, 6) is 0. The van der Waals surface area contributed by atoms with Gasteiger partial charge in [0.25, 0.3) is 0 Å². The number of aryl methyl sites for hydroxylation is 1. The predicted octanol–water partition coefficient (Wildman–Crippen LogP) is 2.98. The molecule has 82 valence electrons. The fraction of sp³-hybridized carbons (Fsp3) is 0.571. The van der Waals surface area contributed by atoms with E-state index in [1.165, 1.54) is 30.5 Å². The van der Waals surface area contributed by atoms with E-state index in [1.807, 2.05) is 0 Å². The van der Waals surface area contributed by atoms with E-state index in [0.29, 0.717) is 5.41 Å². The molecule has 0 heterocycles. The molecule has 1 saturated carbocycles. The van der Waals surface area contributed by atoms with Crippen LogP contribution < -0.4 is 0 Å². The molecule has 1 aromatic carbocycles. The van der Waals surface area contributed by atoms with Crippen LogP contribution in [0.1, 0.15) is 30.9 Å². The summed E-state index contributed by atoms with van der Waals surface area (Å²) in [6.07, 6.45) is 2.72. The van der Waals surface area contributed by atoms with Gasteiger partial charge in [-0.3, -0.25) is 0 Å². The Labute approximate surface area is 93.1 Å². The van der Waals surface area contributed by atoms with Gasteiger partial charge in [-0.15, -0.1) is 0 Å². The van der Waals surface area contributed by atoms with E-state index in [-0.39, 0.29) is 0 Å². The first-order valence-electron chi connectivity index (χ1n) is 5.92. The van der Waals surface area contributed by atoms with Crippen molar-refractivity contribution in [2.24, 2.45) is 0 Å². The van der Waals surface area contributed by atoms with Crippen LogP contribution in [0.2, 0.25) is 0 Å². The lowest BCUT2D eigenvalue weighted by atomic mass is 9.94. The van der Waals surface area contributed by atoms with Crippen LogP contribution in [-0.2, 0) is 5.41 Å². The Hall–Kier alpha value is -0.820. The molecule has 1 aromatic rings. The van der Waals surface area contributed by atoms with Gasteiger partial charge < -0.3 is 4.90 Å². The summed E-state index contributed by atoms with van der Waals surface area (Å²) in [4.78, 5) is 2.42. The molecule has 0 atom stereocenters. The second kappa shape index (κ2) is 3.97. The van der Waals surface area contributed by atoms with Crippen LogP contribution in [-0.4, -0.2) is 25.0 Å². The average molecular weight is 203 g/mol. The van der Waals surface area contributed by atoms with Crippen molar-refractivity contribution in [3.63, 3.8) is 0 Å². The maximum absolute atomic E-state index is 2.42. The van der Waals surface area contributed by atoms with Crippen molar-refractivity contribution in [2.45, 2.75) is 32.1 Å². The van der Waals surface area contributed by atoms with Gasteiger partial charge in [0, 0.05) is 12.0 Å². The summed E-state index contributed by atoms with van der Waals surface area (Å²) in [7, 11) is 2.22. The molecular formula is C14H21N. The SMILES string of the molecule is CCN(C)CC1(c2ccc(C)cc2)CC1. The van der Waals surface area contributed by atoms with Crippen LogP contribution in [0.4, 0.5) is 0 Å². The summed E-state index contributed by atoms with van der Waals surface area (Å²) in [6, 6.07) is 9.10. The highest BCUT2D eigenvalue weighted by molar-refractivity contribution is 5.33. The van der Waals surface area contributed by atoms with Crippen LogP contribution >= 0.6 is 0 Å². The summed E-state index contributed by atoms with van der Waals surface area (Å²) in [5, 5.41) is 0. The molecule has 0 N–H and O–H groups in total. The fourth-order valence-corrected chi connectivity index (χ4v) is 2.22. The van der Waals surface area contributed by atoms with Crippen molar-refractivity contribution in [1.29, 1.82) is 0 Å². The van der Waals surface area contributed by atoms with Gasteiger partial charge in [0.1, 0.15) is 0 Å². The number of likely N-dealkylation sites (N-methyl/N-ethyl adjacent to an activating group) is 1. The fourth-order valence-electron chi connectivity index (χ4n) is 2.22. The van der Waals surface area contributed by atoms with E-state index in [9.17, 15) is 0 Å². The quantitative estimate of drug-likeness (QED) is 0.727. The van der Waals surface area contributed by atoms with Crippen LogP contribution in [0.15, 0.2) is 24.3 Å². The minimum absolute atomic E-state index is 0.485. The minimum Gasteiger partial charge on any atom is -0.306 e. The third-order valence-corrected chi connectivity index (χ3v) is 3.63. The van der Waals surface area contributed by atoms with E-state index in [0.717, 1.165) is 6.54 Å². The van der Waals surface area contributed by atoms with Crippen molar-refractivity contribution >= 4 is 0 Å². The smallest absolute Gasteiger partial charge is 0.00808 e.